The van der Waals surface area contributed by atoms with Crippen LogP contribution in [0.1, 0.15) is 38.2 Å². The smallest absolute Gasteiger partial charge is 0.492 e. The molecule has 1 heterocycles. The van der Waals surface area contributed by atoms with E-state index >= 15 is 0 Å². The number of nitrogens with zero attached hydrogens (tertiary/aromatic N) is 1. The molecule has 1 aliphatic heterocycles. The van der Waals surface area contributed by atoms with E-state index in [4.69, 9.17) is 4.74 Å². The van der Waals surface area contributed by atoms with Gasteiger partial charge in [-0.25, -0.2) is 0 Å². The van der Waals surface area contributed by atoms with Gasteiger partial charge in [-0.15, -0.1) is 0 Å². The molecule has 0 unspecified atom stereocenters. The van der Waals surface area contributed by atoms with Crippen molar-refractivity contribution in [1.29, 1.82) is 0 Å². The van der Waals surface area contributed by atoms with Gasteiger partial charge in [0.15, 0.2) is 0 Å². The average Bonchev–Trinajstić information content (AvgIpc) is 2.49. The third kappa shape index (κ3) is 4.46. The number of piperidine rings is 1. The van der Waals surface area contributed by atoms with Gasteiger partial charge in [-0.05, 0) is 43.5 Å². The zero-order chi connectivity index (χ0) is 15.2. The number of likely N-dealkylation sites (tertiary alicyclic amines) is 1. The molecule has 1 aromatic carbocycles. The Hall–Kier alpha value is -1.04. The molecular weight excluding hydrogens is 265 g/mol. The van der Waals surface area contributed by atoms with Crippen LogP contribution in [-0.4, -0.2) is 42.3 Å². The number of rotatable bonds is 6. The van der Waals surface area contributed by atoms with Gasteiger partial charge in [0.25, 0.3) is 0 Å². The normalized spacial score (nSPS) is 17.0. The number of ether oxygens (including phenoxy) is 1. The Bertz CT molecular complexity index is 445. The predicted octanol–water partition coefficient (Wildman–Crippen LogP) is 1.39. The van der Waals surface area contributed by atoms with E-state index in [1.807, 2.05) is 18.2 Å². The number of benzene rings is 1. The highest BCUT2D eigenvalue weighted by molar-refractivity contribution is 6.59. The quantitative estimate of drug-likeness (QED) is 0.778. The minimum absolute atomic E-state index is 0.441. The Kier molecular flexibility index (Phi) is 6.09. The van der Waals surface area contributed by atoms with E-state index in [1.165, 1.54) is 25.7 Å². The fourth-order valence-corrected chi connectivity index (χ4v) is 3.18. The Morgan fingerprint density at radius 2 is 2.00 bits per heavy atom. The Labute approximate surface area is 127 Å². The van der Waals surface area contributed by atoms with Gasteiger partial charge in [-0.3, -0.25) is 4.90 Å². The van der Waals surface area contributed by atoms with Gasteiger partial charge in [0.05, 0.1) is 7.11 Å². The Morgan fingerprint density at radius 1 is 1.29 bits per heavy atom. The molecule has 1 saturated heterocycles. The molecule has 2 N–H and O–H groups in total. The average molecular weight is 291 g/mol. The summed E-state index contributed by atoms with van der Waals surface area (Å²) in [5, 5.41) is 18.8. The molecule has 5 heteroatoms. The van der Waals surface area contributed by atoms with Crippen molar-refractivity contribution in [3.63, 3.8) is 0 Å². The van der Waals surface area contributed by atoms with E-state index < -0.39 is 7.12 Å². The molecule has 21 heavy (non-hydrogen) atoms. The highest BCUT2D eigenvalue weighted by Crippen LogP contribution is 2.23. The van der Waals surface area contributed by atoms with Crippen LogP contribution in [0.5, 0.6) is 5.75 Å². The lowest BCUT2D eigenvalue weighted by atomic mass is 9.78. The van der Waals surface area contributed by atoms with Gasteiger partial charge < -0.3 is 14.8 Å². The van der Waals surface area contributed by atoms with E-state index in [0.29, 0.717) is 11.2 Å². The highest BCUT2D eigenvalue weighted by atomic mass is 16.5. The summed E-state index contributed by atoms with van der Waals surface area (Å²) in [5.74, 6) is 1.41. The molecular formula is C16H26BNO3. The molecule has 0 atom stereocenters. The Balaban J connectivity index is 1.96. The van der Waals surface area contributed by atoms with Crippen molar-refractivity contribution < 1.29 is 14.8 Å². The van der Waals surface area contributed by atoms with Crippen molar-refractivity contribution in [2.75, 3.05) is 20.2 Å². The first kappa shape index (κ1) is 16.3. The van der Waals surface area contributed by atoms with Crippen LogP contribution >= 0.6 is 0 Å². The van der Waals surface area contributed by atoms with Gasteiger partial charge in [0, 0.05) is 12.0 Å². The summed E-state index contributed by atoms with van der Waals surface area (Å²) in [6.45, 7) is 5.38. The first-order chi connectivity index (χ1) is 10.1. The van der Waals surface area contributed by atoms with Crippen molar-refractivity contribution in [2.45, 2.75) is 39.2 Å². The van der Waals surface area contributed by atoms with Crippen molar-refractivity contribution in [3.05, 3.63) is 23.8 Å². The predicted molar refractivity (Wildman–Crippen MR) is 85.7 cm³/mol. The molecule has 0 spiro atoms. The maximum atomic E-state index is 9.42. The molecule has 0 amide bonds. The van der Waals surface area contributed by atoms with Crippen molar-refractivity contribution in [2.24, 2.45) is 5.92 Å². The summed E-state index contributed by atoms with van der Waals surface area (Å²) in [4.78, 5) is 2.45. The summed E-state index contributed by atoms with van der Waals surface area (Å²) in [6, 6.07) is 5.65. The first-order valence-electron chi connectivity index (χ1n) is 7.89. The molecule has 0 radical (unpaired) electrons. The van der Waals surface area contributed by atoms with Crippen LogP contribution in [0.25, 0.3) is 0 Å². The maximum absolute atomic E-state index is 9.42. The van der Waals surface area contributed by atoms with E-state index in [-0.39, 0.29) is 0 Å². The van der Waals surface area contributed by atoms with Gasteiger partial charge >= 0.3 is 7.12 Å². The zero-order valence-electron chi connectivity index (χ0n) is 13.1. The monoisotopic (exact) mass is 291 g/mol. The number of methoxy groups -OCH3 is 1. The molecule has 1 aromatic rings. The van der Waals surface area contributed by atoms with Crippen LogP contribution in [0, 0.1) is 5.92 Å². The summed E-state index contributed by atoms with van der Waals surface area (Å²) < 4.78 is 5.16. The third-order valence-electron chi connectivity index (χ3n) is 4.38. The minimum atomic E-state index is -1.49. The first-order valence-corrected chi connectivity index (χ1v) is 7.89. The summed E-state index contributed by atoms with van der Waals surface area (Å²) in [7, 11) is 0.0505. The molecule has 4 nitrogen and oxygen atoms in total. The van der Waals surface area contributed by atoms with Gasteiger partial charge in [0.2, 0.25) is 0 Å². The van der Waals surface area contributed by atoms with Gasteiger partial charge in [0.1, 0.15) is 5.75 Å². The molecule has 0 aromatic heterocycles. The van der Waals surface area contributed by atoms with Crippen LogP contribution in [0.3, 0.4) is 0 Å². The fraction of sp³-hybridized carbons (Fsp3) is 0.625. The summed E-state index contributed by atoms with van der Waals surface area (Å²) in [5.41, 5.74) is 1.55. The highest BCUT2D eigenvalue weighted by Gasteiger charge is 2.21. The van der Waals surface area contributed by atoms with Gasteiger partial charge in [-0.2, -0.15) is 0 Å². The van der Waals surface area contributed by atoms with E-state index in [9.17, 15) is 10.0 Å². The molecule has 0 bridgehead atoms. The van der Waals surface area contributed by atoms with Crippen LogP contribution in [0.4, 0.5) is 0 Å². The van der Waals surface area contributed by atoms with Crippen LogP contribution in [-0.2, 0) is 6.54 Å². The Morgan fingerprint density at radius 3 is 2.57 bits per heavy atom. The molecule has 0 aliphatic carbocycles. The lowest BCUT2D eigenvalue weighted by Crippen LogP contribution is -2.35. The van der Waals surface area contributed by atoms with Crippen molar-refractivity contribution >= 4 is 12.6 Å². The number of hydrogen-bond acceptors (Lipinski definition) is 4. The summed E-state index contributed by atoms with van der Waals surface area (Å²) >= 11 is 0. The second-order valence-electron chi connectivity index (χ2n) is 5.96. The maximum Gasteiger partial charge on any atom is 0.492 e. The molecule has 2 rings (SSSR count). The lowest BCUT2D eigenvalue weighted by molar-refractivity contribution is 0.172. The van der Waals surface area contributed by atoms with E-state index in [2.05, 4.69) is 11.8 Å². The van der Waals surface area contributed by atoms with Gasteiger partial charge in [-0.1, -0.05) is 31.9 Å². The van der Waals surface area contributed by atoms with Crippen LogP contribution in [0.15, 0.2) is 18.2 Å². The third-order valence-corrected chi connectivity index (χ3v) is 4.38. The number of hydrogen-bond donors (Lipinski definition) is 2. The minimum Gasteiger partial charge on any atom is -0.497 e. The zero-order valence-corrected chi connectivity index (χ0v) is 13.1. The standard InChI is InChI=1S/C16H26BNO3/c1-3-4-13-7-9-18(10-8-13)12-14-5-6-16(21-2)15(11-14)17(19)20/h5-6,11,13,19-20H,3-4,7-10,12H2,1-2H3. The fourth-order valence-electron chi connectivity index (χ4n) is 3.18. The van der Waals surface area contributed by atoms with Crippen LogP contribution in [0.2, 0.25) is 0 Å². The molecule has 1 aliphatic rings. The second kappa shape index (κ2) is 7.83. The van der Waals surface area contributed by atoms with Crippen molar-refractivity contribution in [3.8, 4) is 5.75 Å². The lowest BCUT2D eigenvalue weighted by Gasteiger charge is -2.32. The van der Waals surface area contributed by atoms with E-state index in [1.54, 1.807) is 7.11 Å². The summed E-state index contributed by atoms with van der Waals surface area (Å²) in [6.07, 6.45) is 5.18. The topological polar surface area (TPSA) is 52.9 Å². The van der Waals surface area contributed by atoms with Crippen LogP contribution < -0.4 is 10.2 Å². The van der Waals surface area contributed by atoms with Crippen molar-refractivity contribution in [1.82, 2.24) is 4.90 Å². The molecule has 1 fully saturated rings. The largest absolute Gasteiger partial charge is 0.497 e. The SMILES string of the molecule is CCCC1CCN(Cc2ccc(OC)c(B(O)O)c2)CC1. The molecule has 0 saturated carbocycles. The second-order valence-corrected chi connectivity index (χ2v) is 5.96. The molecule has 116 valence electrons. The van der Waals surface area contributed by atoms with E-state index in [0.717, 1.165) is 31.1 Å².